The summed E-state index contributed by atoms with van der Waals surface area (Å²) in [5, 5.41) is 16.4. The number of allylic oxidation sites excluding steroid dienone is 1. The van der Waals surface area contributed by atoms with Crippen LogP contribution in [-0.2, 0) is 0 Å². The molecule has 2 aromatic rings. The molecule has 1 N–H and O–H groups in total. The first-order valence-electron chi connectivity index (χ1n) is 4.37. The van der Waals surface area contributed by atoms with Crippen LogP contribution in [0.4, 0.5) is 0 Å². The second kappa shape index (κ2) is 3.75. The van der Waals surface area contributed by atoms with Crippen molar-refractivity contribution in [2.24, 2.45) is 0 Å². The molecule has 1 heterocycles. The Kier molecular flexibility index (Phi) is 2.28. The zero-order valence-corrected chi connectivity index (χ0v) is 7.57. The summed E-state index contributed by atoms with van der Waals surface area (Å²) in [4.78, 5) is 0. The van der Waals surface area contributed by atoms with E-state index in [9.17, 15) is 0 Å². The number of aromatic nitrogens is 2. The maximum Gasteiger partial charge on any atom is 0.0722 e. The van der Waals surface area contributed by atoms with Crippen LogP contribution in [0, 0.1) is 11.3 Å². The van der Waals surface area contributed by atoms with Gasteiger partial charge >= 0.3 is 0 Å². The maximum atomic E-state index is 8.40. The third-order valence-electron chi connectivity index (χ3n) is 2.02. The number of rotatable bonds is 2. The summed E-state index contributed by atoms with van der Waals surface area (Å²) in [6.07, 6.45) is 6.00. The highest BCUT2D eigenvalue weighted by molar-refractivity contribution is 5.86. The molecular weight excluding hydrogens is 174 g/mol. The molecule has 0 bridgehead atoms. The summed E-state index contributed by atoms with van der Waals surface area (Å²) in [6.45, 7) is 0. The van der Waals surface area contributed by atoms with Gasteiger partial charge in [-0.25, -0.2) is 0 Å². The quantitative estimate of drug-likeness (QED) is 0.777. The fourth-order valence-electron chi connectivity index (χ4n) is 1.37. The Bertz CT molecular complexity index is 502. The molecule has 0 aliphatic rings. The fraction of sp³-hybridized carbons (Fsp3) is 0.0909. The second-order valence-corrected chi connectivity index (χ2v) is 2.95. The number of para-hydroxylation sites is 1. The predicted molar refractivity (Wildman–Crippen MR) is 55.4 cm³/mol. The van der Waals surface area contributed by atoms with Crippen LogP contribution in [0.25, 0.3) is 17.0 Å². The summed E-state index contributed by atoms with van der Waals surface area (Å²) in [6, 6.07) is 8.04. The standard InChI is InChI=1S/C11H9N3/c12-7-2-1-4-9-5-3-6-10-8-13-14-11(9)10/h1,3-6,8H,2H2,(H,13,14). The van der Waals surface area contributed by atoms with E-state index in [1.807, 2.05) is 30.4 Å². The van der Waals surface area contributed by atoms with Crippen LogP contribution in [0.1, 0.15) is 12.0 Å². The highest BCUT2D eigenvalue weighted by Crippen LogP contribution is 2.16. The molecule has 0 amide bonds. The lowest BCUT2D eigenvalue weighted by Crippen LogP contribution is -1.75. The van der Waals surface area contributed by atoms with Crippen LogP contribution in [0.5, 0.6) is 0 Å². The molecule has 0 aliphatic carbocycles. The van der Waals surface area contributed by atoms with Gasteiger partial charge in [0.25, 0.3) is 0 Å². The number of aromatic amines is 1. The lowest BCUT2D eigenvalue weighted by atomic mass is 10.1. The number of H-pyrrole nitrogens is 1. The number of benzene rings is 1. The van der Waals surface area contributed by atoms with Crippen LogP contribution in [0.3, 0.4) is 0 Å². The van der Waals surface area contributed by atoms with Gasteiger partial charge in [-0.3, -0.25) is 5.10 Å². The van der Waals surface area contributed by atoms with E-state index in [0.717, 1.165) is 16.5 Å². The minimum atomic E-state index is 0.435. The average molecular weight is 183 g/mol. The number of nitrogens with one attached hydrogen (secondary N) is 1. The van der Waals surface area contributed by atoms with Crippen molar-refractivity contribution in [3.8, 4) is 6.07 Å². The predicted octanol–water partition coefficient (Wildman–Crippen LogP) is 2.49. The summed E-state index contributed by atoms with van der Waals surface area (Å²) < 4.78 is 0. The Labute approximate surface area is 81.7 Å². The largest absolute Gasteiger partial charge is 0.277 e. The zero-order chi connectivity index (χ0) is 9.80. The number of fused-ring (bicyclic) bond motifs is 1. The first kappa shape index (κ1) is 8.52. The van der Waals surface area contributed by atoms with Gasteiger partial charge in [0.15, 0.2) is 0 Å². The lowest BCUT2D eigenvalue weighted by molar-refractivity contribution is 1.12. The maximum absolute atomic E-state index is 8.40. The summed E-state index contributed by atoms with van der Waals surface area (Å²) in [5.41, 5.74) is 2.08. The molecule has 0 saturated heterocycles. The highest BCUT2D eigenvalue weighted by atomic mass is 15.1. The van der Waals surface area contributed by atoms with E-state index in [1.54, 1.807) is 6.20 Å². The molecule has 68 valence electrons. The second-order valence-electron chi connectivity index (χ2n) is 2.95. The van der Waals surface area contributed by atoms with Gasteiger partial charge in [0.05, 0.1) is 24.2 Å². The van der Waals surface area contributed by atoms with Gasteiger partial charge in [0.2, 0.25) is 0 Å². The van der Waals surface area contributed by atoms with E-state index < -0.39 is 0 Å². The summed E-state index contributed by atoms with van der Waals surface area (Å²) in [7, 11) is 0. The van der Waals surface area contributed by atoms with Gasteiger partial charge in [0.1, 0.15) is 0 Å². The Morgan fingerprint density at radius 3 is 3.29 bits per heavy atom. The first-order chi connectivity index (χ1) is 6.92. The fourth-order valence-corrected chi connectivity index (χ4v) is 1.37. The van der Waals surface area contributed by atoms with E-state index in [2.05, 4.69) is 16.3 Å². The molecule has 1 aromatic heterocycles. The molecule has 0 saturated carbocycles. The van der Waals surface area contributed by atoms with Crippen molar-refractivity contribution in [1.29, 1.82) is 5.26 Å². The van der Waals surface area contributed by atoms with Crippen LogP contribution in [0.2, 0.25) is 0 Å². The summed E-state index contributed by atoms with van der Waals surface area (Å²) >= 11 is 0. The van der Waals surface area contributed by atoms with Crippen LogP contribution < -0.4 is 0 Å². The van der Waals surface area contributed by atoms with E-state index >= 15 is 0 Å². The van der Waals surface area contributed by atoms with E-state index in [4.69, 9.17) is 5.26 Å². The molecular formula is C11H9N3. The molecule has 0 fully saturated rings. The minimum Gasteiger partial charge on any atom is -0.277 e. The normalized spacial score (nSPS) is 10.8. The molecule has 0 aliphatic heterocycles. The number of hydrogen-bond donors (Lipinski definition) is 1. The third-order valence-corrected chi connectivity index (χ3v) is 2.02. The number of hydrogen-bond acceptors (Lipinski definition) is 2. The lowest BCUT2D eigenvalue weighted by Gasteiger charge is -1.94. The molecule has 2 rings (SSSR count). The van der Waals surface area contributed by atoms with Gasteiger partial charge in [-0.05, 0) is 5.56 Å². The Morgan fingerprint density at radius 1 is 1.50 bits per heavy atom. The first-order valence-corrected chi connectivity index (χ1v) is 4.37. The van der Waals surface area contributed by atoms with Gasteiger partial charge in [0, 0.05) is 5.39 Å². The number of nitrogens with zero attached hydrogens (tertiary/aromatic N) is 2. The van der Waals surface area contributed by atoms with Crippen molar-refractivity contribution in [3.05, 3.63) is 36.0 Å². The smallest absolute Gasteiger partial charge is 0.0722 e. The van der Waals surface area contributed by atoms with Gasteiger partial charge in [-0.15, -0.1) is 0 Å². The molecule has 14 heavy (non-hydrogen) atoms. The molecule has 0 unspecified atom stereocenters. The van der Waals surface area contributed by atoms with Crippen molar-refractivity contribution >= 4 is 17.0 Å². The van der Waals surface area contributed by atoms with Crippen LogP contribution >= 0.6 is 0 Å². The number of nitriles is 1. The Balaban J connectivity index is 2.42. The van der Waals surface area contributed by atoms with E-state index in [0.29, 0.717) is 6.42 Å². The highest BCUT2D eigenvalue weighted by Gasteiger charge is 1.97. The van der Waals surface area contributed by atoms with Crippen molar-refractivity contribution in [2.45, 2.75) is 6.42 Å². The third kappa shape index (κ3) is 1.50. The van der Waals surface area contributed by atoms with E-state index in [1.165, 1.54) is 0 Å². The molecule has 0 atom stereocenters. The topological polar surface area (TPSA) is 52.5 Å². The Hall–Kier alpha value is -2.08. The van der Waals surface area contributed by atoms with Crippen molar-refractivity contribution in [1.82, 2.24) is 10.2 Å². The monoisotopic (exact) mass is 183 g/mol. The van der Waals surface area contributed by atoms with Gasteiger partial charge < -0.3 is 0 Å². The molecule has 3 heteroatoms. The molecule has 1 aromatic carbocycles. The van der Waals surface area contributed by atoms with E-state index in [-0.39, 0.29) is 0 Å². The van der Waals surface area contributed by atoms with Crippen molar-refractivity contribution in [3.63, 3.8) is 0 Å². The van der Waals surface area contributed by atoms with Gasteiger partial charge in [-0.2, -0.15) is 10.4 Å². The molecule has 0 radical (unpaired) electrons. The SMILES string of the molecule is N#CCC=Cc1cccc2cn[nH]c12. The minimum absolute atomic E-state index is 0.435. The summed E-state index contributed by atoms with van der Waals surface area (Å²) in [5.74, 6) is 0. The van der Waals surface area contributed by atoms with Crippen molar-refractivity contribution in [2.75, 3.05) is 0 Å². The van der Waals surface area contributed by atoms with Gasteiger partial charge in [-0.1, -0.05) is 30.4 Å². The molecule has 0 spiro atoms. The zero-order valence-electron chi connectivity index (χ0n) is 7.57. The van der Waals surface area contributed by atoms with Crippen molar-refractivity contribution < 1.29 is 0 Å². The van der Waals surface area contributed by atoms with Crippen LogP contribution in [-0.4, -0.2) is 10.2 Å². The Morgan fingerprint density at radius 2 is 2.43 bits per heavy atom. The van der Waals surface area contributed by atoms with Crippen LogP contribution in [0.15, 0.2) is 30.5 Å². The molecule has 3 nitrogen and oxygen atoms in total. The average Bonchev–Trinajstić information content (AvgIpc) is 2.67.